The van der Waals surface area contributed by atoms with E-state index < -0.39 is 11.7 Å². The van der Waals surface area contributed by atoms with E-state index in [4.69, 9.17) is 52.1 Å². The van der Waals surface area contributed by atoms with Crippen LogP contribution in [0.15, 0.2) is 0 Å². The zero-order chi connectivity index (χ0) is 33.8. The Morgan fingerprint density at radius 2 is 0.826 bits per heavy atom. The molecule has 0 unspecified atom stereocenters. The van der Waals surface area contributed by atoms with E-state index in [0.717, 1.165) is 25.7 Å². The highest BCUT2D eigenvalue weighted by atomic mass is 16.6. The number of esters is 1. The summed E-state index contributed by atoms with van der Waals surface area (Å²) in [7, 11) is 0. The van der Waals surface area contributed by atoms with Gasteiger partial charge in [0.15, 0.2) is 0 Å². The molecule has 0 rings (SSSR count). The van der Waals surface area contributed by atoms with E-state index in [-0.39, 0.29) is 12.6 Å². The van der Waals surface area contributed by atoms with Gasteiger partial charge in [0.05, 0.1) is 119 Å². The van der Waals surface area contributed by atoms with Crippen LogP contribution in [0.3, 0.4) is 0 Å². The van der Waals surface area contributed by atoms with Crippen molar-refractivity contribution in [1.29, 1.82) is 0 Å². The standard InChI is InChI=1S/C32H63NO13/c1-5-6-7-8-9-30(34)45-29-28-44-27-26-43-25-24-42-23-22-41-21-20-40-19-18-39-17-16-38-15-14-37-13-12-36-11-10-33-31(35)46-32(2,3)4/h5-29H2,1-4H3,(H,33,35). The molecule has 0 aliphatic heterocycles. The minimum atomic E-state index is -0.513. The molecule has 0 aromatic rings. The van der Waals surface area contributed by atoms with Crippen LogP contribution in [0.2, 0.25) is 0 Å². The number of carbonyl (C=O) groups excluding carboxylic acids is 2. The molecule has 0 aliphatic carbocycles. The molecule has 0 saturated carbocycles. The molecular formula is C32H63NO13. The molecule has 0 heterocycles. The lowest BCUT2D eigenvalue weighted by atomic mass is 10.2. The lowest BCUT2D eigenvalue weighted by molar-refractivity contribution is -0.145. The van der Waals surface area contributed by atoms with Gasteiger partial charge in [-0.3, -0.25) is 4.79 Å². The first-order valence-electron chi connectivity index (χ1n) is 16.7. The predicted molar refractivity (Wildman–Crippen MR) is 171 cm³/mol. The zero-order valence-electron chi connectivity index (χ0n) is 29.0. The van der Waals surface area contributed by atoms with Gasteiger partial charge in [0.2, 0.25) is 0 Å². The molecule has 0 aromatic carbocycles. The van der Waals surface area contributed by atoms with Gasteiger partial charge in [0.1, 0.15) is 12.2 Å². The summed E-state index contributed by atoms with van der Waals surface area (Å²) >= 11 is 0. The third kappa shape index (κ3) is 38.6. The van der Waals surface area contributed by atoms with E-state index in [1.807, 2.05) is 20.8 Å². The third-order valence-corrected chi connectivity index (χ3v) is 5.62. The molecule has 0 aliphatic rings. The molecular weight excluding hydrogens is 606 g/mol. The lowest BCUT2D eigenvalue weighted by Gasteiger charge is -2.19. The number of carbonyl (C=O) groups is 2. The monoisotopic (exact) mass is 669 g/mol. The summed E-state index contributed by atoms with van der Waals surface area (Å²) < 4.78 is 59.2. The number of unbranched alkanes of at least 4 members (excludes halogenated alkanes) is 3. The minimum absolute atomic E-state index is 0.156. The first kappa shape index (κ1) is 44.4. The topological polar surface area (TPSA) is 148 Å². The van der Waals surface area contributed by atoms with Crippen LogP contribution in [0.25, 0.3) is 0 Å². The quantitative estimate of drug-likeness (QED) is 0.0779. The van der Waals surface area contributed by atoms with Crippen molar-refractivity contribution in [3.05, 3.63) is 0 Å². The number of rotatable bonds is 35. The summed E-state index contributed by atoms with van der Waals surface area (Å²) in [6, 6.07) is 0. The minimum Gasteiger partial charge on any atom is -0.463 e. The molecule has 0 bridgehead atoms. The number of hydrogen-bond donors (Lipinski definition) is 1. The Kier molecular flexibility index (Phi) is 33.5. The zero-order valence-corrected chi connectivity index (χ0v) is 29.0. The van der Waals surface area contributed by atoms with Crippen molar-refractivity contribution in [1.82, 2.24) is 5.32 Å². The summed E-state index contributed by atoms with van der Waals surface area (Å²) in [5.41, 5.74) is -0.513. The fourth-order valence-corrected chi connectivity index (χ4v) is 3.38. The Morgan fingerprint density at radius 3 is 1.17 bits per heavy atom. The predicted octanol–water partition coefficient (Wildman–Crippen LogP) is 3.17. The van der Waals surface area contributed by atoms with E-state index in [2.05, 4.69) is 12.2 Å². The van der Waals surface area contributed by atoms with Crippen LogP contribution in [0.1, 0.15) is 59.8 Å². The Hall–Kier alpha value is -1.62. The Balaban J connectivity index is 3.13. The van der Waals surface area contributed by atoms with Gasteiger partial charge in [-0.2, -0.15) is 0 Å². The van der Waals surface area contributed by atoms with Crippen LogP contribution in [0.4, 0.5) is 4.79 Å². The number of ether oxygens (including phenoxy) is 11. The second-order valence-electron chi connectivity index (χ2n) is 11.0. The highest BCUT2D eigenvalue weighted by molar-refractivity contribution is 5.69. The first-order valence-corrected chi connectivity index (χ1v) is 16.7. The lowest BCUT2D eigenvalue weighted by Crippen LogP contribution is -2.34. The molecule has 1 amide bonds. The van der Waals surface area contributed by atoms with E-state index in [1.165, 1.54) is 0 Å². The molecule has 274 valence electrons. The van der Waals surface area contributed by atoms with Crippen molar-refractivity contribution in [2.24, 2.45) is 0 Å². The summed E-state index contributed by atoms with van der Waals surface area (Å²) in [5.74, 6) is -0.156. The second kappa shape index (κ2) is 34.7. The van der Waals surface area contributed by atoms with Crippen LogP contribution in [-0.2, 0) is 56.9 Å². The molecule has 46 heavy (non-hydrogen) atoms. The maximum atomic E-state index is 11.5. The number of nitrogens with one attached hydrogen (secondary N) is 1. The maximum absolute atomic E-state index is 11.5. The summed E-state index contributed by atoms with van der Waals surface area (Å²) in [5, 5.41) is 2.63. The van der Waals surface area contributed by atoms with Gasteiger partial charge in [-0.05, 0) is 27.2 Å². The molecule has 14 heteroatoms. The van der Waals surface area contributed by atoms with E-state index >= 15 is 0 Å². The fraction of sp³-hybridized carbons (Fsp3) is 0.938. The van der Waals surface area contributed by atoms with Crippen molar-refractivity contribution in [2.45, 2.75) is 65.4 Å². The fourth-order valence-electron chi connectivity index (χ4n) is 3.38. The van der Waals surface area contributed by atoms with Gasteiger partial charge in [0.25, 0.3) is 0 Å². The van der Waals surface area contributed by atoms with E-state index in [0.29, 0.717) is 132 Å². The average molecular weight is 670 g/mol. The second-order valence-corrected chi connectivity index (χ2v) is 11.0. The van der Waals surface area contributed by atoms with Gasteiger partial charge in [-0.1, -0.05) is 26.2 Å². The average Bonchev–Trinajstić information content (AvgIpc) is 3.01. The van der Waals surface area contributed by atoms with Crippen LogP contribution < -0.4 is 5.32 Å². The largest absolute Gasteiger partial charge is 0.463 e. The number of amides is 1. The van der Waals surface area contributed by atoms with Crippen LogP contribution in [0.5, 0.6) is 0 Å². The highest BCUT2D eigenvalue weighted by Gasteiger charge is 2.15. The van der Waals surface area contributed by atoms with Gasteiger partial charge in [-0.15, -0.1) is 0 Å². The molecule has 0 spiro atoms. The highest BCUT2D eigenvalue weighted by Crippen LogP contribution is 2.06. The van der Waals surface area contributed by atoms with Crippen molar-refractivity contribution >= 4 is 12.1 Å². The van der Waals surface area contributed by atoms with Crippen molar-refractivity contribution in [3.63, 3.8) is 0 Å². The van der Waals surface area contributed by atoms with Crippen molar-refractivity contribution in [2.75, 3.05) is 132 Å². The van der Waals surface area contributed by atoms with Gasteiger partial charge in [-0.25, -0.2) is 4.79 Å². The molecule has 14 nitrogen and oxygen atoms in total. The summed E-state index contributed by atoms with van der Waals surface area (Å²) in [6.07, 6.45) is 4.29. The van der Waals surface area contributed by atoms with Gasteiger partial charge >= 0.3 is 12.1 Å². The number of alkyl carbamates (subject to hydrolysis) is 1. The molecule has 0 aromatic heterocycles. The molecule has 0 saturated heterocycles. The van der Waals surface area contributed by atoms with E-state index in [9.17, 15) is 9.59 Å². The SMILES string of the molecule is CCCCCCC(=O)OCCOCCOCCOCCOCCOCCOCCOCCOCCOCCNC(=O)OC(C)(C)C. The third-order valence-electron chi connectivity index (χ3n) is 5.62. The summed E-state index contributed by atoms with van der Waals surface area (Å²) in [4.78, 5) is 23.0. The van der Waals surface area contributed by atoms with Crippen LogP contribution in [0, 0.1) is 0 Å². The molecule has 0 fully saturated rings. The normalized spacial score (nSPS) is 11.6. The smallest absolute Gasteiger partial charge is 0.407 e. The Morgan fingerprint density at radius 1 is 0.478 bits per heavy atom. The van der Waals surface area contributed by atoms with Crippen molar-refractivity contribution < 1.29 is 61.7 Å². The van der Waals surface area contributed by atoms with Gasteiger partial charge in [0, 0.05) is 13.0 Å². The number of hydrogen-bond acceptors (Lipinski definition) is 13. The maximum Gasteiger partial charge on any atom is 0.407 e. The molecule has 1 N–H and O–H groups in total. The van der Waals surface area contributed by atoms with Crippen molar-refractivity contribution in [3.8, 4) is 0 Å². The Labute approximate surface area is 276 Å². The first-order chi connectivity index (χ1) is 22.3. The van der Waals surface area contributed by atoms with E-state index in [1.54, 1.807) is 0 Å². The molecule has 0 atom stereocenters. The van der Waals surface area contributed by atoms with Crippen LogP contribution >= 0.6 is 0 Å². The summed E-state index contributed by atoms with van der Waals surface area (Å²) in [6.45, 7) is 16.6. The Bertz CT molecular complexity index is 664. The van der Waals surface area contributed by atoms with Gasteiger partial charge < -0.3 is 57.4 Å². The van der Waals surface area contributed by atoms with Crippen LogP contribution in [-0.4, -0.2) is 150 Å². The molecule has 0 radical (unpaired) electrons.